The van der Waals surface area contributed by atoms with Crippen LogP contribution < -0.4 is 25.4 Å². The van der Waals surface area contributed by atoms with Crippen LogP contribution in [0.4, 0.5) is 16.2 Å². The zero-order chi connectivity index (χ0) is 19.9. The highest BCUT2D eigenvalue weighted by Gasteiger charge is 2.13. The molecule has 0 aromatic heterocycles. The third-order valence-corrected chi connectivity index (χ3v) is 4.16. The van der Waals surface area contributed by atoms with Gasteiger partial charge in [0.05, 0.1) is 0 Å². The van der Waals surface area contributed by atoms with Gasteiger partial charge in [0.2, 0.25) is 12.7 Å². The van der Waals surface area contributed by atoms with Gasteiger partial charge in [-0.1, -0.05) is 19.9 Å². The van der Waals surface area contributed by atoms with Gasteiger partial charge in [-0.05, 0) is 54.3 Å². The molecule has 7 nitrogen and oxygen atoms in total. The summed E-state index contributed by atoms with van der Waals surface area (Å²) in [7, 11) is 0. The molecule has 3 N–H and O–H groups in total. The summed E-state index contributed by atoms with van der Waals surface area (Å²) >= 11 is 0. The van der Waals surface area contributed by atoms with Crippen molar-refractivity contribution in [1.29, 1.82) is 0 Å². The van der Waals surface area contributed by atoms with E-state index in [9.17, 15) is 9.59 Å². The van der Waals surface area contributed by atoms with Gasteiger partial charge in [-0.2, -0.15) is 0 Å². The zero-order valence-electron chi connectivity index (χ0n) is 16.1. The van der Waals surface area contributed by atoms with Crippen LogP contribution in [0, 0.1) is 5.92 Å². The fraction of sp³-hybridized carbons (Fsp3) is 0.333. The minimum Gasteiger partial charge on any atom is -0.454 e. The molecule has 3 rings (SSSR count). The van der Waals surface area contributed by atoms with Crippen LogP contribution in [0.25, 0.3) is 0 Å². The Balaban J connectivity index is 1.41. The number of benzene rings is 2. The Labute approximate surface area is 164 Å². The van der Waals surface area contributed by atoms with Crippen molar-refractivity contribution in [2.75, 3.05) is 24.0 Å². The van der Waals surface area contributed by atoms with E-state index in [1.54, 1.807) is 24.3 Å². The Morgan fingerprint density at radius 2 is 1.64 bits per heavy atom. The van der Waals surface area contributed by atoms with Crippen molar-refractivity contribution in [1.82, 2.24) is 5.32 Å². The van der Waals surface area contributed by atoms with Crippen molar-refractivity contribution in [2.45, 2.75) is 26.7 Å². The molecule has 3 amide bonds. The molecule has 7 heteroatoms. The van der Waals surface area contributed by atoms with E-state index < -0.39 is 0 Å². The van der Waals surface area contributed by atoms with Gasteiger partial charge in [0, 0.05) is 24.3 Å². The molecule has 2 aromatic carbocycles. The van der Waals surface area contributed by atoms with E-state index in [1.165, 1.54) is 0 Å². The fourth-order valence-corrected chi connectivity index (χ4v) is 2.81. The number of hydrogen-bond acceptors (Lipinski definition) is 4. The largest absolute Gasteiger partial charge is 0.454 e. The van der Waals surface area contributed by atoms with Crippen LogP contribution in [-0.4, -0.2) is 25.3 Å². The number of amides is 3. The van der Waals surface area contributed by atoms with Crippen molar-refractivity contribution in [3.8, 4) is 11.5 Å². The third-order valence-electron chi connectivity index (χ3n) is 4.16. The number of nitrogens with one attached hydrogen (secondary N) is 3. The lowest BCUT2D eigenvalue weighted by atomic mass is 10.1. The summed E-state index contributed by atoms with van der Waals surface area (Å²) in [6.45, 7) is 4.74. The summed E-state index contributed by atoms with van der Waals surface area (Å²) < 4.78 is 10.6. The standard InChI is InChI=1S/C21H25N3O4/c1-14(2)11-20(25)23-16-4-6-17(7-5-16)24-21(26)22-10-9-15-3-8-18-19(12-15)28-13-27-18/h3-8,12,14H,9-11,13H2,1-2H3,(H,23,25)(H2,22,24,26). The third kappa shape index (κ3) is 5.64. The van der Waals surface area contributed by atoms with E-state index in [2.05, 4.69) is 16.0 Å². The molecule has 0 atom stereocenters. The second-order valence-corrected chi connectivity index (χ2v) is 7.04. The predicted molar refractivity (Wildman–Crippen MR) is 108 cm³/mol. The van der Waals surface area contributed by atoms with E-state index >= 15 is 0 Å². The quantitative estimate of drug-likeness (QED) is 0.679. The molecule has 0 fully saturated rings. The number of rotatable bonds is 7. The van der Waals surface area contributed by atoms with Crippen molar-refractivity contribution < 1.29 is 19.1 Å². The fourth-order valence-electron chi connectivity index (χ4n) is 2.81. The van der Waals surface area contributed by atoms with Gasteiger partial charge in [-0.3, -0.25) is 4.79 Å². The first kappa shape index (κ1) is 19.5. The van der Waals surface area contributed by atoms with Crippen LogP contribution in [0.5, 0.6) is 11.5 Å². The normalized spacial score (nSPS) is 12.0. The van der Waals surface area contributed by atoms with Crippen LogP contribution >= 0.6 is 0 Å². The molecule has 0 saturated heterocycles. The molecule has 0 radical (unpaired) electrons. The molecule has 0 spiro atoms. The summed E-state index contributed by atoms with van der Waals surface area (Å²) in [6.07, 6.45) is 1.16. The van der Waals surface area contributed by atoms with E-state index in [1.807, 2.05) is 32.0 Å². The number of urea groups is 1. The Bertz CT molecular complexity index is 834. The Hall–Kier alpha value is -3.22. The summed E-state index contributed by atoms with van der Waals surface area (Å²) in [5.74, 6) is 1.78. The van der Waals surface area contributed by atoms with E-state index in [0.717, 1.165) is 17.1 Å². The average molecular weight is 383 g/mol. The van der Waals surface area contributed by atoms with Gasteiger partial charge in [-0.25, -0.2) is 4.79 Å². The summed E-state index contributed by atoms with van der Waals surface area (Å²) in [6, 6.07) is 12.5. The SMILES string of the molecule is CC(C)CC(=O)Nc1ccc(NC(=O)NCCc2ccc3c(c2)OCO3)cc1. The minimum absolute atomic E-state index is 0.0167. The predicted octanol–water partition coefficient (Wildman–Crippen LogP) is 3.76. The highest BCUT2D eigenvalue weighted by atomic mass is 16.7. The van der Waals surface area contributed by atoms with Gasteiger partial charge < -0.3 is 25.4 Å². The van der Waals surface area contributed by atoms with Crippen LogP contribution in [0.15, 0.2) is 42.5 Å². The first-order chi connectivity index (χ1) is 13.5. The van der Waals surface area contributed by atoms with Crippen LogP contribution in [0.2, 0.25) is 0 Å². The summed E-state index contributed by atoms with van der Waals surface area (Å²) in [5, 5.41) is 8.44. The van der Waals surface area contributed by atoms with Gasteiger partial charge in [-0.15, -0.1) is 0 Å². The van der Waals surface area contributed by atoms with Crippen LogP contribution in [0.3, 0.4) is 0 Å². The highest BCUT2D eigenvalue weighted by molar-refractivity contribution is 5.92. The molecule has 0 bridgehead atoms. The Morgan fingerprint density at radius 1 is 0.964 bits per heavy atom. The summed E-state index contributed by atoms with van der Waals surface area (Å²) in [4.78, 5) is 23.8. The molecule has 0 aliphatic carbocycles. The van der Waals surface area contributed by atoms with Crippen molar-refractivity contribution >= 4 is 23.3 Å². The molecule has 1 heterocycles. The summed E-state index contributed by atoms with van der Waals surface area (Å²) in [5.41, 5.74) is 2.42. The van der Waals surface area contributed by atoms with Crippen molar-refractivity contribution in [3.05, 3.63) is 48.0 Å². The lowest BCUT2D eigenvalue weighted by Gasteiger charge is -2.10. The Morgan fingerprint density at radius 3 is 2.36 bits per heavy atom. The molecule has 1 aliphatic heterocycles. The number of carbonyl (C=O) groups excluding carboxylic acids is 2. The molecule has 28 heavy (non-hydrogen) atoms. The van der Waals surface area contributed by atoms with Gasteiger partial charge in [0.15, 0.2) is 11.5 Å². The molecular weight excluding hydrogens is 358 g/mol. The molecule has 0 saturated carbocycles. The first-order valence-corrected chi connectivity index (χ1v) is 9.33. The Kier molecular flexibility index (Phi) is 6.37. The molecule has 0 unspecified atom stereocenters. The van der Waals surface area contributed by atoms with E-state index in [0.29, 0.717) is 36.7 Å². The maximum absolute atomic E-state index is 12.0. The van der Waals surface area contributed by atoms with E-state index in [-0.39, 0.29) is 18.7 Å². The number of anilines is 2. The van der Waals surface area contributed by atoms with Crippen LogP contribution in [0.1, 0.15) is 25.8 Å². The number of carbonyl (C=O) groups is 2. The lowest BCUT2D eigenvalue weighted by molar-refractivity contribution is -0.116. The van der Waals surface area contributed by atoms with Crippen LogP contribution in [-0.2, 0) is 11.2 Å². The van der Waals surface area contributed by atoms with E-state index in [4.69, 9.17) is 9.47 Å². The first-order valence-electron chi connectivity index (χ1n) is 9.33. The number of fused-ring (bicyclic) bond motifs is 1. The smallest absolute Gasteiger partial charge is 0.319 e. The topological polar surface area (TPSA) is 88.7 Å². The number of hydrogen-bond donors (Lipinski definition) is 3. The lowest BCUT2D eigenvalue weighted by Crippen LogP contribution is -2.30. The van der Waals surface area contributed by atoms with Gasteiger partial charge in [0.25, 0.3) is 0 Å². The highest BCUT2D eigenvalue weighted by Crippen LogP contribution is 2.32. The van der Waals surface area contributed by atoms with Crippen molar-refractivity contribution in [3.63, 3.8) is 0 Å². The minimum atomic E-state index is -0.280. The van der Waals surface area contributed by atoms with Gasteiger partial charge in [0.1, 0.15) is 0 Å². The molecule has 148 valence electrons. The average Bonchev–Trinajstić information content (AvgIpc) is 3.10. The maximum Gasteiger partial charge on any atom is 0.319 e. The van der Waals surface area contributed by atoms with Crippen molar-refractivity contribution in [2.24, 2.45) is 5.92 Å². The molecule has 2 aromatic rings. The second kappa shape index (κ2) is 9.12. The maximum atomic E-state index is 12.0. The zero-order valence-corrected chi connectivity index (χ0v) is 16.1. The molecule has 1 aliphatic rings. The monoisotopic (exact) mass is 383 g/mol. The number of ether oxygens (including phenoxy) is 2. The molecular formula is C21H25N3O4. The van der Waals surface area contributed by atoms with Gasteiger partial charge >= 0.3 is 6.03 Å². The second-order valence-electron chi connectivity index (χ2n) is 7.04.